The fraction of sp³-hybridized carbons (Fsp3) is 0.400. The van der Waals surface area contributed by atoms with Gasteiger partial charge in [-0.15, -0.1) is 0 Å². The Hall–Kier alpha value is -1.97. The summed E-state index contributed by atoms with van der Waals surface area (Å²) in [6.45, 7) is -0.618. The molecule has 5 N–H and O–H groups in total. The summed E-state index contributed by atoms with van der Waals surface area (Å²) in [5.74, 6) is -0.915. The number of esters is 1. The van der Waals surface area contributed by atoms with Crippen LogP contribution in [0.5, 0.6) is 5.75 Å². The summed E-state index contributed by atoms with van der Waals surface area (Å²) in [6.07, 6.45) is -5.18. The van der Waals surface area contributed by atoms with Gasteiger partial charge in [0.05, 0.1) is 6.61 Å². The van der Waals surface area contributed by atoms with Gasteiger partial charge in [-0.05, 0) is 12.1 Å². The average molecular weight is 326 g/mol. The van der Waals surface area contributed by atoms with Crippen LogP contribution in [-0.4, -0.2) is 68.8 Å². The summed E-state index contributed by atoms with van der Waals surface area (Å²) in [7, 11) is 0. The highest BCUT2D eigenvalue weighted by molar-refractivity contribution is 5.87. The average Bonchev–Trinajstić information content (AvgIpc) is 2.54. The van der Waals surface area contributed by atoms with E-state index < -0.39 is 43.3 Å². The molecule has 0 aliphatic carbocycles. The molecule has 1 aliphatic heterocycles. The van der Waals surface area contributed by atoms with E-state index in [0.29, 0.717) is 5.56 Å². The third kappa shape index (κ3) is 4.06. The Morgan fingerprint density at radius 2 is 1.87 bits per heavy atom. The number of aliphatic hydroxyl groups is 4. The molecule has 1 heterocycles. The van der Waals surface area contributed by atoms with E-state index in [0.717, 1.165) is 6.08 Å². The Bertz CT molecular complexity index is 570. The van der Waals surface area contributed by atoms with Crippen LogP contribution in [0.4, 0.5) is 0 Å². The fourth-order valence-electron chi connectivity index (χ4n) is 2.10. The zero-order chi connectivity index (χ0) is 17.0. The number of aromatic hydroxyl groups is 1. The Morgan fingerprint density at radius 3 is 2.52 bits per heavy atom. The molecule has 8 nitrogen and oxygen atoms in total. The van der Waals surface area contributed by atoms with Gasteiger partial charge in [0.25, 0.3) is 0 Å². The predicted molar refractivity (Wildman–Crippen MR) is 77.0 cm³/mol. The molecule has 1 aliphatic rings. The smallest absolute Gasteiger partial charge is 0.333 e. The lowest BCUT2D eigenvalue weighted by molar-refractivity contribution is -0.291. The van der Waals surface area contributed by atoms with Gasteiger partial charge in [0.1, 0.15) is 30.2 Å². The lowest BCUT2D eigenvalue weighted by Crippen LogP contribution is -2.59. The van der Waals surface area contributed by atoms with Crippen LogP contribution in [0.3, 0.4) is 0 Å². The van der Waals surface area contributed by atoms with Gasteiger partial charge in [-0.2, -0.15) is 0 Å². The molecule has 0 spiro atoms. The second-order valence-electron chi connectivity index (χ2n) is 5.03. The van der Waals surface area contributed by atoms with Gasteiger partial charge in [-0.1, -0.05) is 18.2 Å². The van der Waals surface area contributed by atoms with Crippen LogP contribution in [-0.2, 0) is 14.3 Å². The highest BCUT2D eigenvalue weighted by atomic mass is 16.7. The summed E-state index contributed by atoms with van der Waals surface area (Å²) in [5.41, 5.74) is 0.387. The van der Waals surface area contributed by atoms with Crippen LogP contribution in [0.25, 0.3) is 6.08 Å². The predicted octanol–water partition coefficient (Wildman–Crippen LogP) is -1.25. The minimum absolute atomic E-state index is 0.0237. The van der Waals surface area contributed by atoms with Crippen molar-refractivity contribution in [2.24, 2.45) is 0 Å². The number of ether oxygens (including phenoxy) is 2. The SMILES string of the molecule is O=C(C=Cc1ccccc1O)OC1OC(CO)C(O)C(O)C1O. The van der Waals surface area contributed by atoms with E-state index in [-0.39, 0.29) is 5.75 Å². The molecule has 1 aromatic rings. The molecule has 8 heteroatoms. The largest absolute Gasteiger partial charge is 0.507 e. The Kier molecular flexibility index (Phi) is 5.69. The number of aliphatic hydroxyl groups excluding tert-OH is 4. The summed E-state index contributed by atoms with van der Waals surface area (Å²) < 4.78 is 9.89. The maximum atomic E-state index is 11.7. The molecule has 1 saturated heterocycles. The maximum Gasteiger partial charge on any atom is 0.333 e. The standard InChI is InChI=1S/C15H18O8/c16-7-10-12(19)13(20)14(21)15(22-10)23-11(18)6-5-8-3-1-2-4-9(8)17/h1-6,10,12-17,19-21H,7H2. The third-order valence-electron chi connectivity index (χ3n) is 3.42. The Labute approximate surface area is 131 Å². The molecule has 0 bridgehead atoms. The van der Waals surface area contributed by atoms with Crippen LogP contribution >= 0.6 is 0 Å². The van der Waals surface area contributed by atoms with Crippen LogP contribution < -0.4 is 0 Å². The van der Waals surface area contributed by atoms with Crippen molar-refractivity contribution in [2.45, 2.75) is 30.7 Å². The third-order valence-corrected chi connectivity index (χ3v) is 3.42. The first kappa shape index (κ1) is 17.4. The number of phenolic OH excluding ortho intramolecular Hbond substituents is 1. The molecule has 1 fully saturated rings. The van der Waals surface area contributed by atoms with Crippen LogP contribution in [0.15, 0.2) is 30.3 Å². The zero-order valence-corrected chi connectivity index (χ0v) is 12.0. The number of para-hydroxylation sites is 1. The van der Waals surface area contributed by atoms with Crippen molar-refractivity contribution in [3.63, 3.8) is 0 Å². The van der Waals surface area contributed by atoms with Gasteiger partial charge in [0.2, 0.25) is 6.29 Å². The highest BCUT2D eigenvalue weighted by Crippen LogP contribution is 2.22. The lowest BCUT2D eigenvalue weighted by atomic mass is 9.99. The van der Waals surface area contributed by atoms with Crippen LogP contribution in [0.1, 0.15) is 5.56 Å². The summed E-state index contributed by atoms with van der Waals surface area (Å²) in [4.78, 5) is 11.7. The minimum atomic E-state index is -1.66. The molecule has 0 aromatic heterocycles. The maximum absolute atomic E-state index is 11.7. The van der Waals surface area contributed by atoms with E-state index in [2.05, 4.69) is 0 Å². The second kappa shape index (κ2) is 7.53. The monoisotopic (exact) mass is 326 g/mol. The first-order chi connectivity index (χ1) is 10.9. The number of hydrogen-bond donors (Lipinski definition) is 5. The molecule has 5 atom stereocenters. The van der Waals surface area contributed by atoms with Crippen molar-refractivity contribution in [3.8, 4) is 5.75 Å². The Balaban J connectivity index is 2.00. The molecular weight excluding hydrogens is 308 g/mol. The van der Waals surface area contributed by atoms with E-state index >= 15 is 0 Å². The van der Waals surface area contributed by atoms with Gasteiger partial charge in [-0.25, -0.2) is 4.79 Å². The molecular formula is C15H18O8. The van der Waals surface area contributed by atoms with E-state index in [1.54, 1.807) is 18.2 Å². The quantitative estimate of drug-likeness (QED) is 0.342. The minimum Gasteiger partial charge on any atom is -0.507 e. The molecule has 0 amide bonds. The highest BCUT2D eigenvalue weighted by Gasteiger charge is 2.45. The van der Waals surface area contributed by atoms with Gasteiger partial charge in [0.15, 0.2) is 0 Å². The van der Waals surface area contributed by atoms with Gasteiger partial charge in [0, 0.05) is 11.6 Å². The number of benzene rings is 1. The molecule has 0 saturated carbocycles. The molecule has 5 unspecified atom stereocenters. The van der Waals surface area contributed by atoms with Gasteiger partial charge < -0.3 is 35.0 Å². The number of phenols is 1. The van der Waals surface area contributed by atoms with Crippen LogP contribution in [0.2, 0.25) is 0 Å². The number of hydrogen-bond acceptors (Lipinski definition) is 8. The molecule has 0 radical (unpaired) electrons. The second-order valence-corrected chi connectivity index (χ2v) is 5.03. The van der Waals surface area contributed by atoms with Crippen molar-refractivity contribution < 1.29 is 39.8 Å². The van der Waals surface area contributed by atoms with Crippen molar-refractivity contribution in [1.29, 1.82) is 0 Å². The molecule has 126 valence electrons. The topological polar surface area (TPSA) is 137 Å². The van der Waals surface area contributed by atoms with Crippen molar-refractivity contribution >= 4 is 12.0 Å². The molecule has 1 aromatic carbocycles. The first-order valence-electron chi connectivity index (χ1n) is 6.91. The van der Waals surface area contributed by atoms with Crippen LogP contribution in [0, 0.1) is 0 Å². The van der Waals surface area contributed by atoms with Crippen molar-refractivity contribution in [1.82, 2.24) is 0 Å². The van der Waals surface area contributed by atoms with E-state index in [9.17, 15) is 25.2 Å². The summed E-state index contributed by atoms with van der Waals surface area (Å²) >= 11 is 0. The van der Waals surface area contributed by atoms with E-state index in [1.807, 2.05) is 0 Å². The van der Waals surface area contributed by atoms with Crippen molar-refractivity contribution in [3.05, 3.63) is 35.9 Å². The fourth-order valence-corrected chi connectivity index (χ4v) is 2.10. The van der Waals surface area contributed by atoms with E-state index in [1.165, 1.54) is 12.1 Å². The number of rotatable bonds is 4. The molecule has 23 heavy (non-hydrogen) atoms. The zero-order valence-electron chi connectivity index (χ0n) is 12.0. The number of carbonyl (C=O) groups excluding carboxylic acids is 1. The Morgan fingerprint density at radius 1 is 1.17 bits per heavy atom. The summed E-state index contributed by atoms with van der Waals surface area (Å²) in [5, 5.41) is 47.5. The van der Waals surface area contributed by atoms with Gasteiger partial charge >= 0.3 is 5.97 Å². The molecule has 2 rings (SSSR count). The van der Waals surface area contributed by atoms with E-state index in [4.69, 9.17) is 14.6 Å². The van der Waals surface area contributed by atoms with Crippen molar-refractivity contribution in [2.75, 3.05) is 6.61 Å². The van der Waals surface area contributed by atoms with Gasteiger partial charge in [-0.3, -0.25) is 0 Å². The number of carbonyl (C=O) groups is 1. The first-order valence-corrected chi connectivity index (χ1v) is 6.91. The normalized spacial score (nSPS) is 31.2. The lowest BCUT2D eigenvalue weighted by Gasteiger charge is -2.38. The summed E-state index contributed by atoms with van der Waals surface area (Å²) in [6, 6.07) is 6.32.